The molecule has 0 aromatic heterocycles. The van der Waals surface area contributed by atoms with Crippen molar-refractivity contribution in [1.29, 1.82) is 0 Å². The number of piperidine rings is 2. The highest BCUT2D eigenvalue weighted by Crippen LogP contribution is 2.77. The molecule has 0 aromatic rings. The second-order valence-electron chi connectivity index (χ2n) is 18.6. The highest BCUT2D eigenvalue weighted by atomic mass is 16.7. The van der Waals surface area contributed by atoms with Gasteiger partial charge in [-0.2, -0.15) is 0 Å². The minimum absolute atomic E-state index is 0.0128. The van der Waals surface area contributed by atoms with Crippen LogP contribution in [-0.4, -0.2) is 131 Å². The van der Waals surface area contributed by atoms with Crippen molar-refractivity contribution in [2.24, 2.45) is 46.8 Å². The summed E-state index contributed by atoms with van der Waals surface area (Å²) in [5, 5.41) is 74.3. The van der Waals surface area contributed by atoms with E-state index in [0.717, 1.165) is 6.42 Å². The van der Waals surface area contributed by atoms with Gasteiger partial charge >= 0.3 is 17.9 Å². The quantitative estimate of drug-likeness (QED) is 0.159. The van der Waals surface area contributed by atoms with Gasteiger partial charge in [-0.25, -0.2) is 4.79 Å². The molecule has 0 amide bonds. The first-order valence-electron chi connectivity index (χ1n) is 19.8. The van der Waals surface area contributed by atoms with E-state index in [9.17, 15) is 45.0 Å². The van der Waals surface area contributed by atoms with E-state index in [-0.39, 0.29) is 31.7 Å². The van der Waals surface area contributed by atoms with Crippen LogP contribution in [0.15, 0.2) is 0 Å². The van der Waals surface area contributed by atoms with Gasteiger partial charge in [0.25, 0.3) is 0 Å². The molecule has 19 atom stereocenters. The van der Waals surface area contributed by atoms with Crippen LogP contribution in [0.3, 0.4) is 0 Å². The van der Waals surface area contributed by atoms with Crippen LogP contribution in [0, 0.1) is 46.8 Å². The topological polar surface area (TPSA) is 213 Å². The zero-order valence-electron chi connectivity index (χ0n) is 32.4. The zero-order chi connectivity index (χ0) is 39.0. The standard InChI is InChI=1S/C39H61NO13/c1-9-19(4)32(44)52-31-29(43)28-21(17-40-16-18(3)11-12-25(40)36(28,8)47)22-15-37-30(38(22,31)48)23(42)13-24-35(37,7)26(50-20(5)41)14-27(39(24,49)53-37)51-33(45)34(6,46)10-2/h18-19,21-31,42-43,46-49H,9-17H2,1-8H3/t18-,19-,21-,22-,23+,24-,25-,26-,27-,28+,29+,30+,31-,34-,35+,36+,37+,38-,39-/m0/s1. The molecule has 300 valence electrons. The minimum Gasteiger partial charge on any atom is -0.462 e. The lowest BCUT2D eigenvalue weighted by atomic mass is 9.48. The van der Waals surface area contributed by atoms with Gasteiger partial charge in [0, 0.05) is 55.6 Å². The molecular weight excluding hydrogens is 690 g/mol. The number of rotatable bonds is 7. The predicted molar refractivity (Wildman–Crippen MR) is 185 cm³/mol. The molecule has 3 aliphatic heterocycles. The Hall–Kier alpha value is -1.91. The number of hydrogen-bond donors (Lipinski definition) is 6. The highest BCUT2D eigenvalue weighted by Gasteiger charge is 2.89. The van der Waals surface area contributed by atoms with E-state index in [1.807, 2.05) is 6.92 Å². The zero-order valence-corrected chi connectivity index (χ0v) is 32.4. The molecule has 7 aliphatic rings. The van der Waals surface area contributed by atoms with Crippen LogP contribution in [0.25, 0.3) is 0 Å². The SMILES string of the molecule is CC[C@H](C)C(=O)O[C@H]1[C@H](O)[C@H]2[C@@H](CN3C[C@@H](C)CC[C@H]3[C@@]2(C)O)[C@@H]2C[C@]34O[C@]5(O)[C@@H](OC(=O)[C@@](C)(O)CC)C[C@H](OC(C)=O)[C@@]3(C)[C@@H]5C[C@@H](O)[C@H]4[C@@]21O. The summed E-state index contributed by atoms with van der Waals surface area (Å²) in [6.07, 6.45) is -5.29. The van der Waals surface area contributed by atoms with Crippen molar-refractivity contribution in [3.63, 3.8) is 0 Å². The molecule has 14 nitrogen and oxygen atoms in total. The first-order valence-corrected chi connectivity index (χ1v) is 19.8. The number of hydrogen-bond acceptors (Lipinski definition) is 14. The third-order valence-electron chi connectivity index (χ3n) is 15.8. The summed E-state index contributed by atoms with van der Waals surface area (Å²) in [5.41, 5.74) is -8.42. The van der Waals surface area contributed by atoms with Gasteiger partial charge in [0.15, 0.2) is 17.8 Å². The summed E-state index contributed by atoms with van der Waals surface area (Å²) in [4.78, 5) is 41.9. The molecular formula is C39H61NO13. The maximum atomic E-state index is 13.6. The van der Waals surface area contributed by atoms with Gasteiger partial charge in [-0.1, -0.05) is 34.6 Å². The number of aliphatic hydroxyl groups is 6. The van der Waals surface area contributed by atoms with Crippen molar-refractivity contribution in [3.8, 4) is 0 Å². The smallest absolute Gasteiger partial charge is 0.338 e. The third-order valence-corrected chi connectivity index (χ3v) is 15.8. The Bertz CT molecular complexity index is 1500. The molecule has 14 heteroatoms. The van der Waals surface area contributed by atoms with Gasteiger partial charge in [-0.3, -0.25) is 14.5 Å². The van der Waals surface area contributed by atoms with Gasteiger partial charge in [0.1, 0.15) is 11.7 Å². The Labute approximate surface area is 311 Å². The predicted octanol–water partition coefficient (Wildman–Crippen LogP) is 1.04. The number of nitrogens with zero attached hydrogens (tertiary/aromatic N) is 1. The lowest BCUT2D eigenvalue weighted by Gasteiger charge is -2.64. The Morgan fingerprint density at radius 3 is 2.30 bits per heavy atom. The normalized spacial score (nSPS) is 52.9. The van der Waals surface area contributed by atoms with Gasteiger partial charge in [-0.05, 0) is 70.1 Å². The molecule has 4 aliphatic carbocycles. The average molecular weight is 752 g/mol. The molecule has 1 spiro atoms. The van der Waals surface area contributed by atoms with Crippen molar-refractivity contribution in [2.45, 2.75) is 165 Å². The van der Waals surface area contributed by atoms with E-state index < -0.39 is 118 Å². The summed E-state index contributed by atoms with van der Waals surface area (Å²) in [6, 6.07) is -0.284. The van der Waals surface area contributed by atoms with E-state index in [0.29, 0.717) is 31.8 Å². The lowest BCUT2D eigenvalue weighted by molar-refractivity contribution is -0.300. The van der Waals surface area contributed by atoms with Gasteiger partial charge < -0.3 is 49.6 Å². The van der Waals surface area contributed by atoms with E-state index in [2.05, 4.69) is 11.8 Å². The van der Waals surface area contributed by atoms with Gasteiger partial charge in [0.05, 0.1) is 29.3 Å². The fourth-order valence-corrected chi connectivity index (χ4v) is 12.8. The summed E-state index contributed by atoms with van der Waals surface area (Å²) >= 11 is 0. The maximum absolute atomic E-state index is 13.6. The van der Waals surface area contributed by atoms with Crippen LogP contribution < -0.4 is 0 Å². The molecule has 0 unspecified atom stereocenters. The number of ether oxygens (including phenoxy) is 4. The Morgan fingerprint density at radius 1 is 1.00 bits per heavy atom. The van der Waals surface area contributed by atoms with Gasteiger partial charge in [-0.15, -0.1) is 0 Å². The van der Waals surface area contributed by atoms with Crippen LogP contribution in [0.4, 0.5) is 0 Å². The average Bonchev–Trinajstić information content (AvgIpc) is 3.37. The number of fused-ring (bicyclic) bond motifs is 5. The molecule has 53 heavy (non-hydrogen) atoms. The lowest BCUT2D eigenvalue weighted by Crippen LogP contribution is -2.77. The first kappa shape index (κ1) is 39.3. The van der Waals surface area contributed by atoms with Crippen LogP contribution >= 0.6 is 0 Å². The fourth-order valence-electron chi connectivity index (χ4n) is 12.8. The summed E-state index contributed by atoms with van der Waals surface area (Å²) in [7, 11) is 0. The maximum Gasteiger partial charge on any atom is 0.338 e. The number of carbonyl (C=O) groups is 3. The third kappa shape index (κ3) is 5.14. The molecule has 0 radical (unpaired) electrons. The van der Waals surface area contributed by atoms with Crippen molar-refractivity contribution in [1.82, 2.24) is 4.90 Å². The molecule has 0 aromatic carbocycles. The van der Waals surface area contributed by atoms with Crippen LogP contribution in [0.5, 0.6) is 0 Å². The highest BCUT2D eigenvalue weighted by molar-refractivity contribution is 5.79. The second kappa shape index (κ2) is 12.5. The minimum atomic E-state index is -2.24. The largest absolute Gasteiger partial charge is 0.462 e. The molecule has 6 N–H and O–H groups in total. The van der Waals surface area contributed by atoms with E-state index in [1.165, 1.54) is 13.8 Å². The van der Waals surface area contributed by atoms with E-state index in [4.69, 9.17) is 18.9 Å². The monoisotopic (exact) mass is 751 g/mol. The Kier molecular flexibility index (Phi) is 9.31. The first-order chi connectivity index (χ1) is 24.6. The number of carbonyl (C=O) groups excluding carboxylic acids is 3. The molecule has 7 fully saturated rings. The van der Waals surface area contributed by atoms with Crippen molar-refractivity contribution in [3.05, 3.63) is 0 Å². The van der Waals surface area contributed by atoms with Crippen molar-refractivity contribution < 1.29 is 64.0 Å². The summed E-state index contributed by atoms with van der Waals surface area (Å²) < 4.78 is 24.9. The van der Waals surface area contributed by atoms with Crippen LogP contribution in [0.2, 0.25) is 0 Å². The molecule has 3 saturated heterocycles. The van der Waals surface area contributed by atoms with Crippen molar-refractivity contribution >= 4 is 17.9 Å². The van der Waals surface area contributed by atoms with Gasteiger partial charge in [0.2, 0.25) is 5.79 Å². The fraction of sp³-hybridized carbons (Fsp3) is 0.923. The second-order valence-corrected chi connectivity index (χ2v) is 18.6. The molecule has 4 saturated carbocycles. The molecule has 7 rings (SSSR count). The van der Waals surface area contributed by atoms with Crippen molar-refractivity contribution in [2.75, 3.05) is 13.1 Å². The van der Waals surface area contributed by atoms with Crippen LogP contribution in [-0.2, 0) is 33.3 Å². The number of aliphatic hydroxyl groups excluding tert-OH is 2. The molecule has 3 heterocycles. The Morgan fingerprint density at radius 2 is 1.68 bits per heavy atom. The van der Waals surface area contributed by atoms with E-state index in [1.54, 1.807) is 27.7 Å². The van der Waals surface area contributed by atoms with Crippen LogP contribution in [0.1, 0.15) is 100 Å². The number of esters is 3. The summed E-state index contributed by atoms with van der Waals surface area (Å²) in [6.45, 7) is 14.5. The Balaban J connectivity index is 1.40. The summed E-state index contributed by atoms with van der Waals surface area (Å²) in [5.74, 6) is -9.25. The van der Waals surface area contributed by atoms with E-state index >= 15 is 0 Å². The molecule has 4 bridgehead atoms.